The van der Waals surface area contributed by atoms with Crippen molar-refractivity contribution in [3.05, 3.63) is 35.9 Å². The Bertz CT molecular complexity index is 517. The first-order valence-electron chi connectivity index (χ1n) is 7.71. The average molecular weight is 320 g/mol. The van der Waals surface area contributed by atoms with Gasteiger partial charge in [-0.3, -0.25) is 4.79 Å². The monoisotopic (exact) mass is 320 g/mol. The Morgan fingerprint density at radius 3 is 2.35 bits per heavy atom. The molecule has 0 aromatic heterocycles. The van der Waals surface area contributed by atoms with Crippen LogP contribution in [-0.4, -0.2) is 35.5 Å². The van der Waals surface area contributed by atoms with Crippen LogP contribution in [0, 0.1) is 5.92 Å². The summed E-state index contributed by atoms with van der Waals surface area (Å²) in [7, 11) is 0. The second-order valence-electron chi connectivity index (χ2n) is 5.91. The van der Waals surface area contributed by atoms with Gasteiger partial charge in [0, 0.05) is 0 Å². The second-order valence-corrected chi connectivity index (χ2v) is 5.91. The number of rotatable bonds is 9. The van der Waals surface area contributed by atoms with Gasteiger partial charge in [-0.1, -0.05) is 44.2 Å². The molecule has 3 N–H and O–H groups in total. The van der Waals surface area contributed by atoms with Gasteiger partial charge in [0.05, 0.1) is 6.04 Å². The number of amides is 2. The fourth-order valence-electron chi connectivity index (χ4n) is 2.28. The highest BCUT2D eigenvalue weighted by Gasteiger charge is 2.23. The van der Waals surface area contributed by atoms with Crippen LogP contribution < -0.4 is 10.6 Å². The molecule has 1 aromatic rings. The van der Waals surface area contributed by atoms with Gasteiger partial charge in [0.25, 0.3) is 0 Å². The molecule has 0 saturated heterocycles. The summed E-state index contributed by atoms with van der Waals surface area (Å²) < 4.78 is 0. The fraction of sp³-hybridized carbons (Fsp3) is 0.471. The zero-order valence-electron chi connectivity index (χ0n) is 13.5. The number of benzene rings is 1. The van der Waals surface area contributed by atoms with Crippen LogP contribution in [0.25, 0.3) is 0 Å². The molecule has 6 nitrogen and oxygen atoms in total. The molecule has 2 unspecified atom stereocenters. The van der Waals surface area contributed by atoms with E-state index in [4.69, 9.17) is 5.11 Å². The van der Waals surface area contributed by atoms with E-state index in [1.54, 1.807) is 0 Å². The first kappa shape index (κ1) is 18.7. The lowest BCUT2D eigenvalue weighted by molar-refractivity contribution is -0.126. The highest BCUT2D eigenvalue weighted by molar-refractivity contribution is 5.87. The van der Waals surface area contributed by atoms with Crippen molar-refractivity contribution in [1.29, 1.82) is 0 Å². The molecule has 0 fully saturated rings. The van der Waals surface area contributed by atoms with Gasteiger partial charge in [-0.25, -0.2) is 4.79 Å². The summed E-state index contributed by atoms with van der Waals surface area (Å²) in [5.41, 5.74) is 1.08. The van der Waals surface area contributed by atoms with Crippen molar-refractivity contribution in [1.82, 2.24) is 10.6 Å². The molecule has 0 aliphatic carbocycles. The topological polar surface area (TPSA) is 95.5 Å². The normalized spacial score (nSPS) is 13.2. The molecule has 0 radical (unpaired) electrons. The number of aldehydes is 1. The molecule has 0 aliphatic rings. The number of carbonyl (C=O) groups is 3. The first-order chi connectivity index (χ1) is 10.9. The average Bonchev–Trinajstić information content (AvgIpc) is 2.50. The molecule has 2 atom stereocenters. The number of aryl methyl sites for hydroxylation is 1. The van der Waals surface area contributed by atoms with Crippen molar-refractivity contribution >= 4 is 18.3 Å². The third-order valence-electron chi connectivity index (χ3n) is 3.40. The van der Waals surface area contributed by atoms with Crippen LogP contribution in [0.4, 0.5) is 4.79 Å². The van der Waals surface area contributed by atoms with Crippen LogP contribution in [0.1, 0.15) is 32.3 Å². The Morgan fingerprint density at radius 1 is 1.17 bits per heavy atom. The van der Waals surface area contributed by atoms with Crippen molar-refractivity contribution in [3.8, 4) is 0 Å². The number of hydrogen-bond donors (Lipinski definition) is 3. The van der Waals surface area contributed by atoms with Gasteiger partial charge in [-0.15, -0.1) is 0 Å². The smallest absolute Gasteiger partial charge is 0.405 e. The molecule has 0 heterocycles. The number of hydrogen-bond acceptors (Lipinski definition) is 3. The minimum absolute atomic E-state index is 0.150. The highest BCUT2D eigenvalue weighted by Crippen LogP contribution is 2.07. The van der Waals surface area contributed by atoms with Crippen LogP contribution in [-0.2, 0) is 16.0 Å². The van der Waals surface area contributed by atoms with Crippen LogP contribution in [0.5, 0.6) is 0 Å². The Kier molecular flexibility index (Phi) is 7.80. The van der Waals surface area contributed by atoms with E-state index >= 15 is 0 Å². The zero-order chi connectivity index (χ0) is 17.2. The Morgan fingerprint density at radius 2 is 1.83 bits per heavy atom. The largest absolute Gasteiger partial charge is 0.465 e. The summed E-state index contributed by atoms with van der Waals surface area (Å²) in [5, 5.41) is 13.6. The van der Waals surface area contributed by atoms with E-state index < -0.39 is 24.1 Å². The molecule has 1 aromatic carbocycles. The van der Waals surface area contributed by atoms with E-state index in [0.717, 1.165) is 5.56 Å². The maximum Gasteiger partial charge on any atom is 0.405 e. The van der Waals surface area contributed by atoms with Crippen LogP contribution in [0.3, 0.4) is 0 Å². The third kappa shape index (κ3) is 7.44. The van der Waals surface area contributed by atoms with E-state index in [1.807, 2.05) is 44.2 Å². The standard InChI is InChI=1S/C17H24N2O4/c1-12(2)10-15(19-17(22)23)16(21)18-14(11-20)9-8-13-6-4-3-5-7-13/h3-7,11-12,14-15,19H,8-10H2,1-2H3,(H,18,21)(H,22,23). The minimum atomic E-state index is -1.25. The van der Waals surface area contributed by atoms with Gasteiger partial charge in [-0.2, -0.15) is 0 Å². The van der Waals surface area contributed by atoms with Crippen molar-refractivity contribution in [2.45, 2.75) is 45.2 Å². The predicted octanol–water partition coefficient (Wildman–Crippen LogP) is 1.99. The van der Waals surface area contributed by atoms with E-state index in [1.165, 1.54) is 0 Å². The molecule has 2 amide bonds. The second kappa shape index (κ2) is 9.61. The molecular formula is C17H24N2O4. The summed E-state index contributed by atoms with van der Waals surface area (Å²) in [5.74, 6) is -0.317. The number of nitrogens with one attached hydrogen (secondary N) is 2. The Labute approximate surface area is 136 Å². The van der Waals surface area contributed by atoms with Gasteiger partial charge in [0.15, 0.2) is 0 Å². The lowest BCUT2D eigenvalue weighted by atomic mass is 10.0. The third-order valence-corrected chi connectivity index (χ3v) is 3.40. The maximum atomic E-state index is 12.2. The van der Waals surface area contributed by atoms with Crippen molar-refractivity contribution in [2.75, 3.05) is 0 Å². The lowest BCUT2D eigenvalue weighted by Gasteiger charge is -2.21. The molecule has 0 aliphatic heterocycles. The Hall–Kier alpha value is -2.37. The molecule has 0 saturated carbocycles. The molecule has 0 spiro atoms. The Balaban J connectivity index is 2.58. The van der Waals surface area contributed by atoms with Gasteiger partial charge >= 0.3 is 6.09 Å². The fourth-order valence-corrected chi connectivity index (χ4v) is 2.28. The van der Waals surface area contributed by atoms with E-state index in [0.29, 0.717) is 25.5 Å². The van der Waals surface area contributed by atoms with E-state index in [9.17, 15) is 14.4 Å². The molecule has 6 heteroatoms. The summed E-state index contributed by atoms with van der Waals surface area (Å²) in [6, 6.07) is 8.17. The maximum absolute atomic E-state index is 12.2. The number of carbonyl (C=O) groups excluding carboxylic acids is 2. The molecule has 23 heavy (non-hydrogen) atoms. The van der Waals surface area contributed by atoms with Crippen molar-refractivity contribution in [2.24, 2.45) is 5.92 Å². The van der Waals surface area contributed by atoms with Gasteiger partial charge in [-0.05, 0) is 30.7 Å². The summed E-state index contributed by atoms with van der Waals surface area (Å²) in [4.78, 5) is 34.2. The molecular weight excluding hydrogens is 296 g/mol. The summed E-state index contributed by atoms with van der Waals surface area (Å²) >= 11 is 0. The van der Waals surface area contributed by atoms with Crippen LogP contribution in [0.15, 0.2) is 30.3 Å². The lowest BCUT2D eigenvalue weighted by Crippen LogP contribution is -2.50. The summed E-state index contributed by atoms with van der Waals surface area (Å²) in [6.07, 6.45) is 0.945. The zero-order valence-corrected chi connectivity index (χ0v) is 13.5. The molecule has 1 rings (SSSR count). The van der Waals surface area contributed by atoms with Gasteiger partial charge in [0.2, 0.25) is 5.91 Å². The highest BCUT2D eigenvalue weighted by atomic mass is 16.4. The van der Waals surface area contributed by atoms with Crippen molar-refractivity contribution in [3.63, 3.8) is 0 Å². The predicted molar refractivity (Wildman–Crippen MR) is 87.2 cm³/mol. The van der Waals surface area contributed by atoms with E-state index in [-0.39, 0.29) is 5.92 Å². The SMILES string of the molecule is CC(C)CC(NC(=O)O)C(=O)NC(C=O)CCc1ccccc1. The summed E-state index contributed by atoms with van der Waals surface area (Å²) in [6.45, 7) is 3.80. The van der Waals surface area contributed by atoms with Crippen LogP contribution in [0.2, 0.25) is 0 Å². The van der Waals surface area contributed by atoms with E-state index in [2.05, 4.69) is 10.6 Å². The quantitative estimate of drug-likeness (QED) is 0.606. The van der Waals surface area contributed by atoms with Gasteiger partial charge in [0.1, 0.15) is 12.3 Å². The minimum Gasteiger partial charge on any atom is -0.465 e. The van der Waals surface area contributed by atoms with Crippen molar-refractivity contribution < 1.29 is 19.5 Å². The molecule has 0 bridgehead atoms. The van der Waals surface area contributed by atoms with Gasteiger partial charge < -0.3 is 20.5 Å². The number of carboxylic acid groups (broad SMARTS) is 1. The molecule has 126 valence electrons. The van der Waals surface area contributed by atoms with Crippen LogP contribution >= 0.6 is 0 Å². The first-order valence-corrected chi connectivity index (χ1v) is 7.71.